The first-order valence-corrected chi connectivity index (χ1v) is 11.4. The Kier molecular flexibility index (Phi) is 6.37. The van der Waals surface area contributed by atoms with Gasteiger partial charge in [-0.2, -0.15) is 11.8 Å². The molecule has 0 amide bonds. The Morgan fingerprint density at radius 1 is 1.23 bits per heavy atom. The van der Waals surface area contributed by atoms with Crippen LogP contribution < -0.4 is 14.4 Å². The third kappa shape index (κ3) is 4.60. The number of carbonyl (C=O) groups is 1. The third-order valence-corrected chi connectivity index (χ3v) is 6.82. The lowest BCUT2D eigenvalue weighted by Gasteiger charge is -2.29. The normalized spacial score (nSPS) is 14.2. The summed E-state index contributed by atoms with van der Waals surface area (Å²) < 4.78 is 33.0. The summed E-state index contributed by atoms with van der Waals surface area (Å²) >= 11 is 1.78. The van der Waals surface area contributed by atoms with Crippen molar-refractivity contribution in [2.24, 2.45) is 0 Å². The lowest BCUT2D eigenvalue weighted by Crippen LogP contribution is -2.33. The Morgan fingerprint density at radius 3 is 2.53 bits per heavy atom. The number of nitrogens with zero attached hydrogens (tertiary/aromatic N) is 2. The van der Waals surface area contributed by atoms with Gasteiger partial charge in [-0.05, 0) is 24.3 Å². The van der Waals surface area contributed by atoms with Gasteiger partial charge in [0.15, 0.2) is 0 Å². The Hall–Kier alpha value is -2.99. The highest BCUT2D eigenvalue weighted by Crippen LogP contribution is 2.31. The number of hydrogen-bond acceptors (Lipinski definition) is 8. The molecule has 30 heavy (non-hydrogen) atoms. The minimum absolute atomic E-state index is 0.0242. The monoisotopic (exact) mass is 453 g/mol. The number of hydrogen-bond donors (Lipinski definition) is 2. The first-order chi connectivity index (χ1) is 14.2. The molecule has 2 N–H and O–H groups in total. The van der Waals surface area contributed by atoms with Crippen LogP contribution in [0.5, 0.6) is 5.75 Å². The number of methoxy groups -OCH3 is 1. The van der Waals surface area contributed by atoms with Crippen molar-refractivity contribution in [3.8, 4) is 5.75 Å². The van der Waals surface area contributed by atoms with E-state index < -0.39 is 31.5 Å². The van der Waals surface area contributed by atoms with Gasteiger partial charge in [-0.25, -0.2) is 13.2 Å². The summed E-state index contributed by atoms with van der Waals surface area (Å²) in [5.41, 5.74) is 0.0867. The minimum atomic E-state index is -4.28. The lowest BCUT2D eigenvalue weighted by atomic mass is 10.1. The summed E-state index contributed by atoms with van der Waals surface area (Å²) in [6.45, 7) is 1.39. The molecule has 1 aliphatic rings. The van der Waals surface area contributed by atoms with Crippen LogP contribution in [0.3, 0.4) is 0 Å². The van der Waals surface area contributed by atoms with Crippen LogP contribution in [-0.4, -0.2) is 56.1 Å². The van der Waals surface area contributed by atoms with Crippen LogP contribution in [-0.2, 0) is 10.0 Å². The number of anilines is 2. The van der Waals surface area contributed by atoms with Crippen molar-refractivity contribution in [1.82, 2.24) is 0 Å². The van der Waals surface area contributed by atoms with Gasteiger partial charge in [0.2, 0.25) is 0 Å². The summed E-state index contributed by atoms with van der Waals surface area (Å²) in [5.74, 6) is 0.492. The molecule has 1 aliphatic heterocycles. The van der Waals surface area contributed by atoms with Gasteiger partial charge in [0.1, 0.15) is 10.6 Å². The minimum Gasteiger partial charge on any atom is -0.495 e. The van der Waals surface area contributed by atoms with Crippen LogP contribution in [0.4, 0.5) is 17.1 Å². The van der Waals surface area contributed by atoms with E-state index in [1.54, 1.807) is 17.8 Å². The topological polar surface area (TPSA) is 139 Å². The largest absolute Gasteiger partial charge is 0.495 e. The van der Waals surface area contributed by atoms with E-state index in [2.05, 4.69) is 4.72 Å². The molecule has 0 radical (unpaired) electrons. The highest BCUT2D eigenvalue weighted by Gasteiger charge is 2.25. The molecule has 0 bridgehead atoms. The SMILES string of the molecule is COc1ccc([N+](=O)[O-])cc1S(=O)(=O)Nc1ccc(N2CCSCC2)c(C(=O)O)c1. The standard InChI is InChI=1S/C18H19N3O7S2/c1-28-16-5-3-13(21(24)25)11-17(16)30(26,27)19-12-2-4-15(14(10-12)18(22)23)20-6-8-29-9-7-20/h2-5,10-11,19H,6-9H2,1H3,(H,22,23). The number of aromatic carboxylic acids is 1. The molecule has 3 rings (SSSR count). The van der Waals surface area contributed by atoms with Gasteiger partial charge in [0.05, 0.1) is 23.3 Å². The number of carboxylic acids is 1. The molecule has 10 nitrogen and oxygen atoms in total. The molecule has 0 saturated carbocycles. The number of nitro benzene ring substituents is 1. The maximum Gasteiger partial charge on any atom is 0.337 e. The lowest BCUT2D eigenvalue weighted by molar-refractivity contribution is -0.385. The zero-order chi connectivity index (χ0) is 21.9. The highest BCUT2D eigenvalue weighted by atomic mass is 32.2. The van der Waals surface area contributed by atoms with Gasteiger partial charge in [0.25, 0.3) is 15.7 Å². The van der Waals surface area contributed by atoms with Crippen molar-refractivity contribution >= 4 is 44.8 Å². The van der Waals surface area contributed by atoms with Gasteiger partial charge in [-0.1, -0.05) is 0 Å². The number of sulfonamides is 1. The number of thioether (sulfide) groups is 1. The van der Waals surface area contributed by atoms with Gasteiger partial charge in [-0.3, -0.25) is 14.8 Å². The van der Waals surface area contributed by atoms with Gasteiger partial charge < -0.3 is 14.7 Å². The van der Waals surface area contributed by atoms with Crippen molar-refractivity contribution in [3.05, 3.63) is 52.1 Å². The number of rotatable bonds is 7. The first-order valence-electron chi connectivity index (χ1n) is 8.78. The van der Waals surface area contributed by atoms with Gasteiger partial charge >= 0.3 is 5.97 Å². The fraction of sp³-hybridized carbons (Fsp3) is 0.278. The number of benzene rings is 2. The molecule has 0 aliphatic carbocycles. The molecule has 2 aromatic carbocycles. The third-order valence-electron chi connectivity index (χ3n) is 4.48. The summed E-state index contributed by atoms with van der Waals surface area (Å²) in [4.78, 5) is 23.6. The Labute approximate surface area is 177 Å². The van der Waals surface area contributed by atoms with Crippen LogP contribution in [0.15, 0.2) is 41.3 Å². The molecule has 1 saturated heterocycles. The Balaban J connectivity index is 1.97. The number of nitrogens with one attached hydrogen (secondary N) is 1. The fourth-order valence-electron chi connectivity index (χ4n) is 3.05. The van der Waals surface area contributed by atoms with Crippen LogP contribution in [0, 0.1) is 10.1 Å². The number of ether oxygens (including phenoxy) is 1. The molecule has 0 atom stereocenters. The molecule has 0 spiro atoms. The molecule has 1 heterocycles. The second kappa shape index (κ2) is 8.79. The highest BCUT2D eigenvalue weighted by molar-refractivity contribution is 7.99. The van der Waals surface area contributed by atoms with E-state index in [9.17, 15) is 28.4 Å². The smallest absolute Gasteiger partial charge is 0.337 e. The summed E-state index contributed by atoms with van der Waals surface area (Å²) in [6, 6.07) is 7.46. The van der Waals surface area contributed by atoms with Crippen molar-refractivity contribution < 1.29 is 28.0 Å². The quantitative estimate of drug-likeness (QED) is 0.478. The molecular formula is C18H19N3O7S2. The van der Waals surface area contributed by atoms with Crippen LogP contribution in [0.2, 0.25) is 0 Å². The Bertz CT molecular complexity index is 1080. The van der Waals surface area contributed by atoms with Crippen LogP contribution in [0.25, 0.3) is 0 Å². The average Bonchev–Trinajstić information content (AvgIpc) is 2.73. The molecule has 0 unspecified atom stereocenters. The molecular weight excluding hydrogens is 434 g/mol. The zero-order valence-corrected chi connectivity index (χ0v) is 17.5. The molecule has 0 aromatic heterocycles. The van der Waals surface area contributed by atoms with Crippen molar-refractivity contribution in [3.63, 3.8) is 0 Å². The molecule has 12 heteroatoms. The molecule has 2 aromatic rings. The first kappa shape index (κ1) is 21.7. The number of non-ortho nitro benzene ring substituents is 1. The van der Waals surface area contributed by atoms with E-state index in [0.29, 0.717) is 18.8 Å². The average molecular weight is 453 g/mol. The van der Waals surface area contributed by atoms with E-state index in [4.69, 9.17) is 4.74 Å². The van der Waals surface area contributed by atoms with E-state index in [0.717, 1.165) is 23.6 Å². The summed E-state index contributed by atoms with van der Waals surface area (Å²) in [7, 11) is -3.04. The van der Waals surface area contributed by atoms with E-state index >= 15 is 0 Å². The van der Waals surface area contributed by atoms with E-state index in [1.165, 1.54) is 25.3 Å². The number of nitro groups is 1. The van der Waals surface area contributed by atoms with Crippen molar-refractivity contribution in [2.45, 2.75) is 4.90 Å². The number of carboxylic acid groups (broad SMARTS) is 1. The summed E-state index contributed by atoms with van der Waals surface area (Å²) in [6.07, 6.45) is 0. The van der Waals surface area contributed by atoms with E-state index in [1.807, 2.05) is 4.90 Å². The van der Waals surface area contributed by atoms with Crippen molar-refractivity contribution in [2.75, 3.05) is 41.3 Å². The predicted octanol–water partition coefficient (Wildman–Crippen LogP) is 2.66. The molecule has 1 fully saturated rings. The van der Waals surface area contributed by atoms with E-state index in [-0.39, 0.29) is 17.0 Å². The predicted molar refractivity (Wildman–Crippen MR) is 113 cm³/mol. The second-order valence-electron chi connectivity index (χ2n) is 6.33. The van der Waals surface area contributed by atoms with Crippen LogP contribution in [0.1, 0.15) is 10.4 Å². The second-order valence-corrected chi connectivity index (χ2v) is 9.21. The maximum atomic E-state index is 12.8. The summed E-state index contributed by atoms with van der Waals surface area (Å²) in [5, 5.41) is 20.6. The van der Waals surface area contributed by atoms with Crippen molar-refractivity contribution in [1.29, 1.82) is 0 Å². The van der Waals surface area contributed by atoms with Crippen LogP contribution >= 0.6 is 11.8 Å². The zero-order valence-electron chi connectivity index (χ0n) is 15.9. The van der Waals surface area contributed by atoms with Gasteiger partial charge in [0, 0.05) is 42.4 Å². The maximum absolute atomic E-state index is 12.8. The Morgan fingerprint density at radius 2 is 1.93 bits per heavy atom. The fourth-order valence-corrected chi connectivity index (χ4v) is 5.19. The van der Waals surface area contributed by atoms with Gasteiger partial charge in [-0.15, -0.1) is 0 Å². The molecule has 160 valence electrons.